The number of hydrogen-bond donors (Lipinski definition) is 0. The van der Waals surface area contributed by atoms with Crippen LogP contribution in [0.25, 0.3) is 11.3 Å². The Morgan fingerprint density at radius 3 is 2.53 bits per heavy atom. The molecule has 166 valence electrons. The average Bonchev–Trinajstić information content (AvgIpc) is 3.52. The van der Waals surface area contributed by atoms with Crippen molar-refractivity contribution in [3.8, 4) is 22.8 Å². The monoisotopic (exact) mass is 431 g/mol. The van der Waals surface area contributed by atoms with Crippen LogP contribution in [0.4, 0.5) is 0 Å². The Morgan fingerprint density at radius 1 is 1.00 bits per heavy atom. The summed E-state index contributed by atoms with van der Waals surface area (Å²) < 4.78 is 12.8. The van der Waals surface area contributed by atoms with E-state index in [1.807, 2.05) is 30.9 Å². The molecule has 0 bridgehead atoms. The highest BCUT2D eigenvalue weighted by Crippen LogP contribution is 2.43. The third-order valence-electron chi connectivity index (χ3n) is 7.27. The average molecular weight is 432 g/mol. The maximum atomic E-state index is 5.53. The molecule has 3 aromatic rings. The van der Waals surface area contributed by atoms with Crippen molar-refractivity contribution in [2.45, 2.75) is 32.7 Å². The summed E-state index contributed by atoms with van der Waals surface area (Å²) in [7, 11) is 1.94. The van der Waals surface area contributed by atoms with E-state index in [1.165, 1.54) is 31.5 Å². The molecule has 0 N–H and O–H groups in total. The van der Waals surface area contributed by atoms with Crippen LogP contribution in [0.2, 0.25) is 0 Å². The van der Waals surface area contributed by atoms with Gasteiger partial charge in [-0.2, -0.15) is 15.3 Å². The van der Waals surface area contributed by atoms with Crippen LogP contribution in [0, 0.1) is 24.7 Å². The highest BCUT2D eigenvalue weighted by Gasteiger charge is 2.40. The van der Waals surface area contributed by atoms with Crippen molar-refractivity contribution in [3.05, 3.63) is 53.5 Å². The van der Waals surface area contributed by atoms with Crippen LogP contribution in [0.3, 0.4) is 0 Å². The number of hydrogen-bond acceptors (Lipinski definition) is 6. The van der Waals surface area contributed by atoms with Gasteiger partial charge in [0, 0.05) is 38.4 Å². The molecule has 3 atom stereocenters. The van der Waals surface area contributed by atoms with Crippen LogP contribution in [0.15, 0.2) is 36.5 Å². The predicted molar refractivity (Wildman–Crippen MR) is 120 cm³/mol. The number of likely N-dealkylation sites (tertiary alicyclic amines) is 1. The number of aryl methyl sites for hydroxylation is 2. The molecule has 2 aliphatic heterocycles. The highest BCUT2D eigenvalue weighted by molar-refractivity contribution is 5.60. The molecule has 2 fully saturated rings. The molecule has 1 aromatic carbocycles. The quantitative estimate of drug-likeness (QED) is 0.615. The van der Waals surface area contributed by atoms with Crippen LogP contribution in [0.1, 0.15) is 29.8 Å². The lowest BCUT2D eigenvalue weighted by Gasteiger charge is -2.19. The van der Waals surface area contributed by atoms with Gasteiger partial charge in [-0.15, -0.1) is 0 Å². The topological polar surface area (TPSA) is 65.3 Å². The fourth-order valence-electron chi connectivity index (χ4n) is 5.87. The number of aromatic nitrogens is 4. The van der Waals surface area contributed by atoms with Gasteiger partial charge in [-0.25, -0.2) is 0 Å². The van der Waals surface area contributed by atoms with Gasteiger partial charge in [-0.05, 0) is 73.8 Å². The predicted octanol–water partition coefficient (Wildman–Crippen LogP) is 3.61. The number of nitrogens with zero attached hydrogens (tertiary/aromatic N) is 5. The molecule has 0 radical (unpaired) electrons. The minimum atomic E-state index is 0.338. The Hall–Kier alpha value is -2.93. The third kappa shape index (κ3) is 3.75. The zero-order valence-electron chi connectivity index (χ0n) is 18.7. The lowest BCUT2D eigenvalue weighted by Crippen LogP contribution is -2.22. The van der Waals surface area contributed by atoms with Crippen LogP contribution in [-0.2, 0) is 20.0 Å². The second-order valence-electron chi connectivity index (χ2n) is 9.66. The lowest BCUT2D eigenvalue weighted by molar-refractivity contribution is 0.174. The lowest BCUT2D eigenvalue weighted by atomic mass is 9.99. The number of rotatable bonds is 5. The van der Waals surface area contributed by atoms with Gasteiger partial charge in [0.05, 0.1) is 17.1 Å². The van der Waals surface area contributed by atoms with Gasteiger partial charge in [0.25, 0.3) is 0 Å². The number of ether oxygens (including phenoxy) is 2. The van der Waals surface area contributed by atoms with Crippen LogP contribution in [-0.4, -0.2) is 44.8 Å². The minimum Gasteiger partial charge on any atom is -0.454 e. The second kappa shape index (κ2) is 7.89. The van der Waals surface area contributed by atoms with E-state index in [0.717, 1.165) is 64.9 Å². The summed E-state index contributed by atoms with van der Waals surface area (Å²) in [6, 6.07) is 10.6. The summed E-state index contributed by atoms with van der Waals surface area (Å²) in [5.41, 5.74) is 5.37. The van der Waals surface area contributed by atoms with E-state index < -0.39 is 0 Å². The van der Waals surface area contributed by atoms with Crippen molar-refractivity contribution in [2.24, 2.45) is 24.8 Å². The SMILES string of the molecule is Cc1nn(C)cc1-c1ccc(CC2C[C@@H]3CN(Cc4ccc5c(c4)OCO5)C[C@@H]3C2)nn1. The summed E-state index contributed by atoms with van der Waals surface area (Å²) in [5.74, 6) is 4.07. The number of benzene rings is 1. The first-order valence-electron chi connectivity index (χ1n) is 11.5. The fourth-order valence-corrected chi connectivity index (χ4v) is 5.87. The fraction of sp³-hybridized carbons (Fsp3) is 0.480. The molecule has 4 heterocycles. The molecular weight excluding hydrogens is 402 g/mol. The molecule has 7 nitrogen and oxygen atoms in total. The molecule has 1 aliphatic carbocycles. The van der Waals surface area contributed by atoms with Crippen molar-refractivity contribution >= 4 is 0 Å². The summed E-state index contributed by atoms with van der Waals surface area (Å²) in [5, 5.41) is 13.4. The van der Waals surface area contributed by atoms with E-state index in [2.05, 4.69) is 44.5 Å². The largest absolute Gasteiger partial charge is 0.454 e. The zero-order chi connectivity index (χ0) is 21.7. The van der Waals surface area contributed by atoms with Gasteiger partial charge in [-0.3, -0.25) is 9.58 Å². The molecule has 1 saturated heterocycles. The van der Waals surface area contributed by atoms with Gasteiger partial charge in [0.1, 0.15) is 0 Å². The molecular formula is C25H29N5O2. The first-order chi connectivity index (χ1) is 15.6. The van der Waals surface area contributed by atoms with Gasteiger partial charge in [0.2, 0.25) is 6.79 Å². The van der Waals surface area contributed by atoms with Gasteiger partial charge >= 0.3 is 0 Å². The van der Waals surface area contributed by atoms with Crippen molar-refractivity contribution in [3.63, 3.8) is 0 Å². The van der Waals surface area contributed by atoms with E-state index in [9.17, 15) is 0 Å². The Bertz CT molecular complexity index is 1110. The molecule has 6 rings (SSSR count). The molecule has 1 saturated carbocycles. The Balaban J connectivity index is 1.03. The van der Waals surface area contributed by atoms with Gasteiger partial charge in [-0.1, -0.05) is 6.07 Å². The van der Waals surface area contributed by atoms with E-state index in [-0.39, 0.29) is 0 Å². The van der Waals surface area contributed by atoms with Crippen molar-refractivity contribution < 1.29 is 9.47 Å². The maximum Gasteiger partial charge on any atom is 0.231 e. The molecule has 0 amide bonds. The van der Waals surface area contributed by atoms with Crippen LogP contribution in [0.5, 0.6) is 11.5 Å². The Labute approximate surface area is 188 Å². The van der Waals surface area contributed by atoms with E-state index in [0.29, 0.717) is 6.79 Å². The minimum absolute atomic E-state index is 0.338. The molecule has 1 unspecified atom stereocenters. The van der Waals surface area contributed by atoms with Gasteiger partial charge in [0.15, 0.2) is 11.5 Å². The van der Waals surface area contributed by atoms with Crippen molar-refractivity contribution in [1.82, 2.24) is 24.9 Å². The van der Waals surface area contributed by atoms with E-state index in [1.54, 1.807) is 0 Å². The van der Waals surface area contributed by atoms with E-state index in [4.69, 9.17) is 9.47 Å². The third-order valence-corrected chi connectivity index (χ3v) is 7.27. The Kier molecular flexibility index (Phi) is 4.86. The number of fused-ring (bicyclic) bond motifs is 2. The second-order valence-corrected chi connectivity index (χ2v) is 9.66. The van der Waals surface area contributed by atoms with Crippen molar-refractivity contribution in [2.75, 3.05) is 19.9 Å². The smallest absolute Gasteiger partial charge is 0.231 e. The van der Waals surface area contributed by atoms with E-state index >= 15 is 0 Å². The van der Waals surface area contributed by atoms with Crippen LogP contribution < -0.4 is 9.47 Å². The van der Waals surface area contributed by atoms with Crippen molar-refractivity contribution in [1.29, 1.82) is 0 Å². The Morgan fingerprint density at radius 2 is 1.81 bits per heavy atom. The summed E-state index contributed by atoms with van der Waals surface area (Å²) in [4.78, 5) is 2.61. The summed E-state index contributed by atoms with van der Waals surface area (Å²) in [6.07, 6.45) is 5.64. The zero-order valence-corrected chi connectivity index (χ0v) is 18.7. The molecule has 7 heteroatoms. The molecule has 32 heavy (non-hydrogen) atoms. The molecule has 3 aliphatic rings. The highest BCUT2D eigenvalue weighted by atomic mass is 16.7. The summed E-state index contributed by atoms with van der Waals surface area (Å²) in [6.45, 7) is 5.73. The molecule has 0 spiro atoms. The first-order valence-corrected chi connectivity index (χ1v) is 11.5. The summed E-state index contributed by atoms with van der Waals surface area (Å²) >= 11 is 0. The van der Waals surface area contributed by atoms with Crippen LogP contribution >= 0.6 is 0 Å². The standard InChI is InChI=1S/C25H29N5O2/c1-16-22(14-29(2)28-16)23-5-4-21(26-27-23)9-18-7-19-12-30(13-20(19)8-18)11-17-3-6-24-25(10-17)32-15-31-24/h3-6,10,14,18-20H,7-9,11-13,15H2,1-2H3/t18?,19-,20+. The maximum absolute atomic E-state index is 5.53. The molecule has 2 aromatic heterocycles. The van der Waals surface area contributed by atoms with Gasteiger partial charge < -0.3 is 9.47 Å². The first kappa shape index (κ1) is 19.7. The normalized spacial score (nSPS) is 24.2.